The largest absolute Gasteiger partial charge is 0.378 e. The average molecular weight is 521 g/mol. The average Bonchev–Trinajstić information content (AvgIpc) is 2.99. The van der Waals surface area contributed by atoms with Crippen LogP contribution in [-0.4, -0.2) is 61.6 Å². The highest BCUT2D eigenvalue weighted by atomic mass is 16.5. The molecule has 39 heavy (non-hydrogen) atoms. The predicted molar refractivity (Wildman–Crippen MR) is 159 cm³/mol. The van der Waals surface area contributed by atoms with E-state index in [4.69, 9.17) is 14.7 Å². The van der Waals surface area contributed by atoms with Crippen LogP contribution in [-0.2, 0) is 4.74 Å². The normalized spacial score (nSPS) is 13.6. The molecule has 0 saturated carbocycles. The SMILES string of the molecule is CN(C)c1ccc(/C=C/C=N\Nc2nc(N3CCOCC3)nc(N(c3ccccc3)c3ccccc3)n2)cc1. The van der Waals surface area contributed by atoms with Crippen molar-refractivity contribution >= 4 is 47.2 Å². The minimum absolute atomic E-state index is 0.360. The van der Waals surface area contributed by atoms with Crippen LogP contribution in [0.3, 0.4) is 0 Å². The molecular formula is C30H32N8O. The molecule has 9 nitrogen and oxygen atoms in total. The maximum absolute atomic E-state index is 5.54. The molecule has 1 saturated heterocycles. The molecule has 5 rings (SSSR count). The summed E-state index contributed by atoms with van der Waals surface area (Å²) in [7, 11) is 4.05. The summed E-state index contributed by atoms with van der Waals surface area (Å²) in [4.78, 5) is 20.5. The molecule has 4 aromatic rings. The van der Waals surface area contributed by atoms with Gasteiger partial charge in [-0.1, -0.05) is 54.6 Å². The van der Waals surface area contributed by atoms with E-state index in [2.05, 4.69) is 49.6 Å². The third kappa shape index (κ3) is 6.77. The number of allylic oxidation sites excluding steroid dienone is 1. The third-order valence-electron chi connectivity index (χ3n) is 6.16. The van der Waals surface area contributed by atoms with Gasteiger partial charge in [-0.2, -0.15) is 20.1 Å². The van der Waals surface area contributed by atoms with Gasteiger partial charge >= 0.3 is 0 Å². The van der Waals surface area contributed by atoms with Gasteiger partial charge in [0, 0.05) is 50.5 Å². The summed E-state index contributed by atoms with van der Waals surface area (Å²) in [5, 5.41) is 4.35. The minimum Gasteiger partial charge on any atom is -0.378 e. The molecule has 2 heterocycles. The first kappa shape index (κ1) is 25.9. The molecule has 0 bridgehead atoms. The summed E-state index contributed by atoms with van der Waals surface area (Å²) < 4.78 is 5.54. The minimum atomic E-state index is 0.360. The van der Waals surface area contributed by atoms with E-state index in [1.54, 1.807) is 6.21 Å². The zero-order chi connectivity index (χ0) is 26.9. The summed E-state index contributed by atoms with van der Waals surface area (Å²) in [6.07, 6.45) is 5.56. The van der Waals surface area contributed by atoms with E-state index < -0.39 is 0 Å². The first-order valence-corrected chi connectivity index (χ1v) is 12.9. The number of hydrazone groups is 1. The van der Waals surface area contributed by atoms with Crippen LogP contribution in [0, 0.1) is 0 Å². The molecule has 0 aliphatic carbocycles. The second kappa shape index (κ2) is 12.7. The first-order valence-electron chi connectivity index (χ1n) is 12.9. The van der Waals surface area contributed by atoms with Gasteiger partial charge < -0.3 is 14.5 Å². The van der Waals surface area contributed by atoms with E-state index in [1.807, 2.05) is 91.8 Å². The highest BCUT2D eigenvalue weighted by Crippen LogP contribution is 2.33. The quantitative estimate of drug-likeness (QED) is 0.234. The number of morpholine rings is 1. The second-order valence-electron chi connectivity index (χ2n) is 9.10. The van der Waals surface area contributed by atoms with Crippen LogP contribution in [0.15, 0.2) is 96.1 Å². The number of rotatable bonds is 9. The van der Waals surface area contributed by atoms with Crippen LogP contribution in [0.5, 0.6) is 0 Å². The molecule has 1 fully saturated rings. The van der Waals surface area contributed by atoms with E-state index in [9.17, 15) is 0 Å². The molecule has 198 valence electrons. The zero-order valence-corrected chi connectivity index (χ0v) is 22.2. The predicted octanol–water partition coefficient (Wildman–Crippen LogP) is 5.36. The van der Waals surface area contributed by atoms with Crippen LogP contribution in [0.25, 0.3) is 6.08 Å². The number of para-hydroxylation sites is 2. The lowest BCUT2D eigenvalue weighted by Gasteiger charge is -2.28. The fourth-order valence-corrected chi connectivity index (χ4v) is 4.12. The molecule has 9 heteroatoms. The number of hydrogen-bond donors (Lipinski definition) is 1. The topological polar surface area (TPSA) is 82.0 Å². The Labute approximate surface area is 229 Å². The Balaban J connectivity index is 1.42. The van der Waals surface area contributed by atoms with Gasteiger partial charge in [0.15, 0.2) is 0 Å². The van der Waals surface area contributed by atoms with Gasteiger partial charge in [0.1, 0.15) is 0 Å². The number of nitrogens with one attached hydrogen (secondary N) is 1. The monoisotopic (exact) mass is 520 g/mol. The van der Waals surface area contributed by atoms with Gasteiger partial charge in [-0.15, -0.1) is 0 Å². The van der Waals surface area contributed by atoms with Crippen LogP contribution in [0.2, 0.25) is 0 Å². The summed E-state index contributed by atoms with van der Waals surface area (Å²) in [6, 6.07) is 28.4. The van der Waals surface area contributed by atoms with Crippen LogP contribution in [0.1, 0.15) is 5.56 Å². The van der Waals surface area contributed by atoms with Crippen molar-refractivity contribution in [2.24, 2.45) is 5.10 Å². The zero-order valence-electron chi connectivity index (χ0n) is 22.2. The van der Waals surface area contributed by atoms with Crippen LogP contribution < -0.4 is 20.1 Å². The Kier molecular flexibility index (Phi) is 8.40. The number of ether oxygens (including phenoxy) is 1. The number of benzene rings is 3. The van der Waals surface area contributed by atoms with Crippen molar-refractivity contribution < 1.29 is 4.74 Å². The van der Waals surface area contributed by atoms with Crippen molar-refractivity contribution in [2.75, 3.05) is 60.5 Å². The fraction of sp³-hybridized carbons (Fsp3) is 0.200. The number of nitrogens with zero attached hydrogens (tertiary/aromatic N) is 7. The fourth-order valence-electron chi connectivity index (χ4n) is 4.12. The molecule has 0 atom stereocenters. The Morgan fingerprint density at radius 1 is 0.795 bits per heavy atom. The van der Waals surface area contributed by atoms with Gasteiger partial charge in [-0.25, -0.2) is 5.43 Å². The van der Waals surface area contributed by atoms with Gasteiger partial charge in [0.2, 0.25) is 17.8 Å². The van der Waals surface area contributed by atoms with Gasteiger partial charge in [-0.3, -0.25) is 4.90 Å². The van der Waals surface area contributed by atoms with Crippen molar-refractivity contribution in [3.63, 3.8) is 0 Å². The molecule has 1 aliphatic heterocycles. The summed E-state index contributed by atoms with van der Waals surface area (Å²) >= 11 is 0. The van der Waals surface area contributed by atoms with E-state index in [1.165, 1.54) is 0 Å². The highest BCUT2D eigenvalue weighted by molar-refractivity contribution is 5.79. The molecule has 0 unspecified atom stereocenters. The molecule has 3 aromatic carbocycles. The molecule has 1 N–H and O–H groups in total. The van der Waals surface area contributed by atoms with Gasteiger partial charge in [-0.05, 0) is 48.0 Å². The van der Waals surface area contributed by atoms with Crippen molar-refractivity contribution in [3.05, 3.63) is 96.6 Å². The smallest absolute Gasteiger partial charge is 0.250 e. The molecule has 0 spiro atoms. The van der Waals surface area contributed by atoms with E-state index in [0.29, 0.717) is 44.1 Å². The van der Waals surface area contributed by atoms with Crippen LogP contribution in [0.4, 0.5) is 34.9 Å². The maximum Gasteiger partial charge on any atom is 0.250 e. The maximum atomic E-state index is 5.54. The lowest BCUT2D eigenvalue weighted by Crippen LogP contribution is -2.37. The van der Waals surface area contributed by atoms with E-state index in [-0.39, 0.29) is 0 Å². The van der Waals surface area contributed by atoms with Crippen molar-refractivity contribution in [2.45, 2.75) is 0 Å². The number of anilines is 6. The van der Waals surface area contributed by atoms with Gasteiger partial charge in [0.05, 0.1) is 13.2 Å². The number of aromatic nitrogens is 3. The van der Waals surface area contributed by atoms with Crippen molar-refractivity contribution in [1.82, 2.24) is 15.0 Å². The lowest BCUT2D eigenvalue weighted by molar-refractivity contribution is 0.122. The Morgan fingerprint density at radius 3 is 2.05 bits per heavy atom. The third-order valence-corrected chi connectivity index (χ3v) is 6.16. The molecule has 0 amide bonds. The Morgan fingerprint density at radius 2 is 1.44 bits per heavy atom. The number of hydrogen-bond acceptors (Lipinski definition) is 9. The Bertz CT molecular complexity index is 1350. The van der Waals surface area contributed by atoms with Crippen molar-refractivity contribution in [3.8, 4) is 0 Å². The van der Waals surface area contributed by atoms with E-state index >= 15 is 0 Å². The summed E-state index contributed by atoms with van der Waals surface area (Å²) in [5.41, 5.74) is 7.13. The summed E-state index contributed by atoms with van der Waals surface area (Å²) in [5.74, 6) is 1.44. The highest BCUT2D eigenvalue weighted by Gasteiger charge is 2.21. The molecule has 0 radical (unpaired) electrons. The van der Waals surface area contributed by atoms with E-state index in [0.717, 1.165) is 22.6 Å². The van der Waals surface area contributed by atoms with Crippen molar-refractivity contribution in [1.29, 1.82) is 0 Å². The molecular weight excluding hydrogens is 488 g/mol. The Hall–Kier alpha value is -4.76. The standard InChI is InChI=1S/C30H32N8O/c1-36(2)25-17-15-24(16-18-25)10-9-19-31-35-28-32-29(37-20-22-39-23-21-37)34-30(33-28)38(26-11-5-3-6-12-26)27-13-7-4-8-14-27/h3-19H,20-23H2,1-2H3,(H,32,33,34,35)/b10-9+,31-19-. The van der Waals surface area contributed by atoms with Crippen LogP contribution >= 0.6 is 0 Å². The first-order chi connectivity index (χ1) is 19.2. The lowest BCUT2D eigenvalue weighted by atomic mass is 10.2. The van der Waals surface area contributed by atoms with Gasteiger partial charge in [0.25, 0.3) is 0 Å². The summed E-state index contributed by atoms with van der Waals surface area (Å²) in [6.45, 7) is 2.67. The second-order valence-corrected chi connectivity index (χ2v) is 9.10. The molecule has 1 aliphatic rings. The molecule has 1 aromatic heterocycles.